The second-order valence-electron chi connectivity index (χ2n) is 5.29. The van der Waals surface area contributed by atoms with Crippen molar-refractivity contribution >= 4 is 21.5 Å². The molecule has 3 aromatic rings. The van der Waals surface area contributed by atoms with Crippen LogP contribution in [-0.2, 0) is 0 Å². The summed E-state index contributed by atoms with van der Waals surface area (Å²) in [6.45, 7) is 6.49. The van der Waals surface area contributed by atoms with Crippen molar-refractivity contribution in [1.82, 2.24) is 4.98 Å². The number of nitrogens with zero attached hydrogens (tertiary/aromatic N) is 1. The maximum absolute atomic E-state index is 4.37. The van der Waals surface area contributed by atoms with Crippen LogP contribution in [0, 0.1) is 6.92 Å². The molecule has 0 radical (unpaired) electrons. The fourth-order valence-electron chi connectivity index (χ4n) is 2.38. The first-order chi connectivity index (χ1) is 8.63. The van der Waals surface area contributed by atoms with Gasteiger partial charge in [-0.25, -0.2) is 0 Å². The number of benzene rings is 2. The quantitative estimate of drug-likeness (QED) is 0.551. The standard InChI is InChI=1S/C17H17N/c1-11(2)13-4-5-14-8-15-6-12(3)18-10-17(15)9-16(14)7-13/h4-11H,1-3H3. The van der Waals surface area contributed by atoms with Gasteiger partial charge in [0.15, 0.2) is 0 Å². The van der Waals surface area contributed by atoms with Crippen LogP contribution in [0.4, 0.5) is 0 Å². The third-order valence-corrected chi connectivity index (χ3v) is 3.50. The number of hydrogen-bond donors (Lipinski definition) is 0. The van der Waals surface area contributed by atoms with Gasteiger partial charge in [-0.3, -0.25) is 4.98 Å². The zero-order valence-electron chi connectivity index (χ0n) is 11.1. The topological polar surface area (TPSA) is 12.9 Å². The summed E-state index contributed by atoms with van der Waals surface area (Å²) in [6.07, 6.45) is 1.96. The summed E-state index contributed by atoms with van der Waals surface area (Å²) in [5, 5.41) is 5.10. The fourth-order valence-corrected chi connectivity index (χ4v) is 2.38. The molecule has 1 aromatic heterocycles. The van der Waals surface area contributed by atoms with Crippen LogP contribution in [0.1, 0.15) is 31.0 Å². The molecular formula is C17H17N. The van der Waals surface area contributed by atoms with Crippen molar-refractivity contribution in [3.8, 4) is 0 Å². The summed E-state index contributed by atoms with van der Waals surface area (Å²) >= 11 is 0. The van der Waals surface area contributed by atoms with E-state index >= 15 is 0 Å². The average molecular weight is 235 g/mol. The van der Waals surface area contributed by atoms with E-state index in [1.807, 2.05) is 13.1 Å². The molecule has 0 aliphatic rings. The van der Waals surface area contributed by atoms with Crippen LogP contribution in [0.5, 0.6) is 0 Å². The van der Waals surface area contributed by atoms with Crippen LogP contribution >= 0.6 is 0 Å². The Morgan fingerprint density at radius 3 is 2.33 bits per heavy atom. The number of hydrogen-bond acceptors (Lipinski definition) is 1. The molecule has 3 rings (SSSR count). The summed E-state index contributed by atoms with van der Waals surface area (Å²) in [5.41, 5.74) is 2.46. The molecule has 18 heavy (non-hydrogen) atoms. The molecule has 0 N–H and O–H groups in total. The Morgan fingerprint density at radius 1 is 0.833 bits per heavy atom. The molecule has 1 nitrogen and oxygen atoms in total. The van der Waals surface area contributed by atoms with Crippen molar-refractivity contribution in [2.24, 2.45) is 0 Å². The first kappa shape index (κ1) is 11.2. The van der Waals surface area contributed by atoms with Crippen LogP contribution < -0.4 is 0 Å². The van der Waals surface area contributed by atoms with Gasteiger partial charge in [0.2, 0.25) is 0 Å². The first-order valence-electron chi connectivity index (χ1n) is 6.43. The van der Waals surface area contributed by atoms with Crippen molar-refractivity contribution < 1.29 is 0 Å². The highest BCUT2D eigenvalue weighted by Gasteiger charge is 2.03. The molecule has 0 unspecified atom stereocenters. The molecule has 0 atom stereocenters. The molecule has 0 fully saturated rings. The van der Waals surface area contributed by atoms with Gasteiger partial charge in [0, 0.05) is 17.3 Å². The van der Waals surface area contributed by atoms with Crippen molar-refractivity contribution in [2.75, 3.05) is 0 Å². The van der Waals surface area contributed by atoms with Gasteiger partial charge in [-0.15, -0.1) is 0 Å². The lowest BCUT2D eigenvalue weighted by Gasteiger charge is -2.08. The van der Waals surface area contributed by atoms with Crippen molar-refractivity contribution in [3.63, 3.8) is 0 Å². The lowest BCUT2D eigenvalue weighted by Crippen LogP contribution is -1.87. The van der Waals surface area contributed by atoms with E-state index in [0.717, 1.165) is 5.69 Å². The Balaban J connectivity index is 2.31. The molecule has 0 spiro atoms. The predicted molar refractivity (Wildman–Crippen MR) is 78.1 cm³/mol. The molecule has 0 aliphatic heterocycles. The zero-order chi connectivity index (χ0) is 12.7. The minimum atomic E-state index is 0.571. The van der Waals surface area contributed by atoms with E-state index in [9.17, 15) is 0 Å². The van der Waals surface area contributed by atoms with Crippen molar-refractivity contribution in [2.45, 2.75) is 26.7 Å². The monoisotopic (exact) mass is 235 g/mol. The summed E-state index contributed by atoms with van der Waals surface area (Å²) in [5.74, 6) is 0.571. The van der Waals surface area contributed by atoms with Crippen LogP contribution in [0.2, 0.25) is 0 Å². The number of rotatable bonds is 1. The van der Waals surface area contributed by atoms with Crippen LogP contribution in [-0.4, -0.2) is 4.98 Å². The predicted octanol–water partition coefficient (Wildman–Crippen LogP) is 4.82. The van der Waals surface area contributed by atoms with E-state index in [-0.39, 0.29) is 0 Å². The first-order valence-corrected chi connectivity index (χ1v) is 6.43. The minimum Gasteiger partial charge on any atom is -0.261 e. The molecule has 0 saturated heterocycles. The highest BCUT2D eigenvalue weighted by atomic mass is 14.6. The van der Waals surface area contributed by atoms with Gasteiger partial charge in [0.05, 0.1) is 0 Å². The van der Waals surface area contributed by atoms with Crippen molar-refractivity contribution in [1.29, 1.82) is 0 Å². The molecule has 0 aliphatic carbocycles. The summed E-state index contributed by atoms with van der Waals surface area (Å²) < 4.78 is 0. The third-order valence-electron chi connectivity index (χ3n) is 3.50. The van der Waals surface area contributed by atoms with Crippen LogP contribution in [0.3, 0.4) is 0 Å². The molecule has 1 heterocycles. The summed E-state index contributed by atoms with van der Waals surface area (Å²) in [7, 11) is 0. The zero-order valence-corrected chi connectivity index (χ0v) is 11.1. The Morgan fingerprint density at radius 2 is 1.56 bits per heavy atom. The number of fused-ring (bicyclic) bond motifs is 2. The maximum Gasteiger partial charge on any atom is 0.0379 e. The number of aromatic nitrogens is 1. The van der Waals surface area contributed by atoms with E-state index in [1.54, 1.807) is 0 Å². The van der Waals surface area contributed by atoms with E-state index in [2.05, 4.69) is 55.2 Å². The van der Waals surface area contributed by atoms with Gasteiger partial charge in [-0.1, -0.05) is 32.0 Å². The van der Waals surface area contributed by atoms with Crippen LogP contribution in [0.15, 0.2) is 42.6 Å². The highest BCUT2D eigenvalue weighted by molar-refractivity contribution is 5.98. The van der Waals surface area contributed by atoms with E-state index in [0.29, 0.717) is 5.92 Å². The third kappa shape index (κ3) is 1.86. The van der Waals surface area contributed by atoms with E-state index < -0.39 is 0 Å². The smallest absolute Gasteiger partial charge is 0.0379 e. The summed E-state index contributed by atoms with van der Waals surface area (Å²) in [6, 6.07) is 13.4. The Kier molecular flexibility index (Phi) is 2.55. The molecule has 2 aromatic carbocycles. The van der Waals surface area contributed by atoms with Gasteiger partial charge in [-0.2, -0.15) is 0 Å². The normalized spacial score (nSPS) is 11.6. The number of pyridine rings is 1. The molecule has 0 amide bonds. The number of aryl methyl sites for hydroxylation is 1. The van der Waals surface area contributed by atoms with Gasteiger partial charge < -0.3 is 0 Å². The second kappa shape index (κ2) is 4.09. The average Bonchev–Trinajstić information content (AvgIpc) is 2.35. The fraction of sp³-hybridized carbons (Fsp3) is 0.235. The molecular weight excluding hydrogens is 218 g/mol. The Bertz CT molecular complexity index is 726. The largest absolute Gasteiger partial charge is 0.261 e. The van der Waals surface area contributed by atoms with Crippen molar-refractivity contribution in [3.05, 3.63) is 53.9 Å². The second-order valence-corrected chi connectivity index (χ2v) is 5.29. The molecule has 0 saturated carbocycles. The van der Waals surface area contributed by atoms with E-state index in [1.165, 1.54) is 27.1 Å². The van der Waals surface area contributed by atoms with Crippen LogP contribution in [0.25, 0.3) is 21.5 Å². The lowest BCUT2D eigenvalue weighted by molar-refractivity contribution is 0.869. The molecule has 90 valence electrons. The SMILES string of the molecule is Cc1cc2cc3ccc(C(C)C)cc3cc2cn1. The molecule has 1 heteroatoms. The van der Waals surface area contributed by atoms with E-state index in [4.69, 9.17) is 0 Å². The lowest BCUT2D eigenvalue weighted by atomic mass is 9.97. The van der Waals surface area contributed by atoms with Gasteiger partial charge in [0.1, 0.15) is 0 Å². The van der Waals surface area contributed by atoms with Gasteiger partial charge in [0.25, 0.3) is 0 Å². The Hall–Kier alpha value is -1.89. The summed E-state index contributed by atoms with van der Waals surface area (Å²) in [4.78, 5) is 4.37. The maximum atomic E-state index is 4.37. The van der Waals surface area contributed by atoms with Gasteiger partial charge >= 0.3 is 0 Å². The minimum absolute atomic E-state index is 0.571. The molecule has 0 bridgehead atoms. The Labute approximate surface area is 107 Å². The van der Waals surface area contributed by atoms with Gasteiger partial charge in [-0.05, 0) is 52.8 Å². The highest BCUT2D eigenvalue weighted by Crippen LogP contribution is 2.26.